The fourth-order valence-corrected chi connectivity index (χ4v) is 4.16. The molecule has 0 aliphatic heterocycles. The Morgan fingerprint density at radius 2 is 2.17 bits per heavy atom. The van der Waals surface area contributed by atoms with E-state index in [1.165, 1.54) is 11.6 Å². The maximum atomic E-state index is 14.2. The molecule has 2 nitrogen and oxygen atoms in total. The van der Waals surface area contributed by atoms with Gasteiger partial charge >= 0.3 is 0 Å². The Kier molecular flexibility index (Phi) is 4.15. The van der Waals surface area contributed by atoms with E-state index < -0.39 is 0 Å². The molecule has 1 aromatic carbocycles. The molecule has 0 fully saturated rings. The topological polar surface area (TPSA) is 38.9 Å². The summed E-state index contributed by atoms with van der Waals surface area (Å²) >= 11 is 0. The van der Waals surface area contributed by atoms with Crippen LogP contribution < -0.4 is 5.73 Å². The molecule has 0 radical (unpaired) electrons. The fraction of sp³-hybridized carbons (Fsp3) is 0.316. The highest BCUT2D eigenvalue weighted by Gasteiger charge is 2.33. The minimum Gasteiger partial charge on any atom is -0.398 e. The van der Waals surface area contributed by atoms with Crippen LogP contribution in [0.2, 0.25) is 0 Å². The largest absolute Gasteiger partial charge is 0.398 e. The van der Waals surface area contributed by atoms with Crippen LogP contribution in [0.4, 0.5) is 10.1 Å². The zero-order valence-corrected chi connectivity index (χ0v) is 13.7. The number of nitrogens with zero attached hydrogens (tertiary/aromatic N) is 1. The van der Waals surface area contributed by atoms with E-state index in [0.29, 0.717) is 28.4 Å². The molecule has 0 spiro atoms. The molecule has 2 aromatic rings. The molecule has 2 atom stereocenters. The molecule has 120 valence electrons. The number of hydrogen-bond donors (Lipinski definition) is 1. The summed E-state index contributed by atoms with van der Waals surface area (Å²) in [6.45, 7) is 3.84. The number of nitrogen functional groups attached to an aromatic ring is 1. The Morgan fingerprint density at radius 1 is 1.35 bits per heavy atom. The van der Waals surface area contributed by atoms with Gasteiger partial charge < -0.3 is 5.73 Å². The third kappa shape index (κ3) is 2.53. The summed E-state index contributed by atoms with van der Waals surface area (Å²) in [6.07, 6.45) is 8.26. The van der Waals surface area contributed by atoms with Crippen molar-refractivity contribution < 1.29 is 4.39 Å². The Bertz CT molecular complexity index is 813. The fourth-order valence-electron chi connectivity index (χ4n) is 4.16. The molecule has 2 aliphatic carbocycles. The van der Waals surface area contributed by atoms with Crippen LogP contribution >= 0.6 is 12.4 Å². The maximum Gasteiger partial charge on any atom is 0.134 e. The predicted molar refractivity (Wildman–Crippen MR) is 95.4 cm³/mol. The standard InChI is InChI=1S/C19H19FN2.ClH/c1-2-4-11-7-12-9-13(8-11)17-16(10-12)22-15-6-3-5-14(20)18(15)19(17)21;/h2-3,5-7,12-13H,1,4,8-10H2,(H2,21,22);1H. The highest BCUT2D eigenvalue weighted by atomic mass is 35.5. The molecule has 0 saturated carbocycles. The number of fused-ring (bicyclic) bond motifs is 5. The number of halogens is 2. The van der Waals surface area contributed by atoms with E-state index in [2.05, 4.69) is 12.7 Å². The molecule has 4 rings (SSSR count). The van der Waals surface area contributed by atoms with Gasteiger partial charge in [0.2, 0.25) is 0 Å². The van der Waals surface area contributed by atoms with Crippen molar-refractivity contribution in [3.63, 3.8) is 0 Å². The van der Waals surface area contributed by atoms with Crippen molar-refractivity contribution >= 4 is 29.0 Å². The minimum absolute atomic E-state index is 0. The summed E-state index contributed by atoms with van der Waals surface area (Å²) in [5.74, 6) is 0.620. The van der Waals surface area contributed by atoms with Crippen LogP contribution in [-0.2, 0) is 6.42 Å². The molecule has 4 heteroatoms. The van der Waals surface area contributed by atoms with Gasteiger partial charge in [-0.05, 0) is 49.7 Å². The van der Waals surface area contributed by atoms with Gasteiger partial charge in [0.25, 0.3) is 0 Å². The van der Waals surface area contributed by atoms with E-state index in [0.717, 1.165) is 36.9 Å². The smallest absolute Gasteiger partial charge is 0.134 e. The quantitative estimate of drug-likeness (QED) is 0.793. The van der Waals surface area contributed by atoms with Crippen molar-refractivity contribution in [1.29, 1.82) is 0 Å². The zero-order valence-electron chi connectivity index (χ0n) is 12.9. The van der Waals surface area contributed by atoms with Crippen molar-refractivity contribution in [2.24, 2.45) is 5.92 Å². The highest BCUT2D eigenvalue weighted by Crippen LogP contribution is 2.47. The van der Waals surface area contributed by atoms with Gasteiger partial charge in [-0.25, -0.2) is 4.39 Å². The summed E-state index contributed by atoms with van der Waals surface area (Å²) < 4.78 is 14.2. The van der Waals surface area contributed by atoms with Crippen molar-refractivity contribution in [2.75, 3.05) is 5.73 Å². The zero-order chi connectivity index (χ0) is 15.3. The molecule has 2 unspecified atom stereocenters. The van der Waals surface area contributed by atoms with Crippen molar-refractivity contribution in [1.82, 2.24) is 4.98 Å². The molecular formula is C19H20ClFN2. The average molecular weight is 331 g/mol. The third-order valence-electron chi connectivity index (χ3n) is 4.96. The second-order valence-electron chi connectivity index (χ2n) is 6.44. The number of nitrogens with two attached hydrogens (primary N) is 1. The summed E-state index contributed by atoms with van der Waals surface area (Å²) in [6, 6.07) is 5.00. The number of benzene rings is 1. The first kappa shape index (κ1) is 16.0. The highest BCUT2D eigenvalue weighted by molar-refractivity contribution is 5.93. The molecule has 2 aliphatic rings. The van der Waals surface area contributed by atoms with Gasteiger partial charge in [-0.3, -0.25) is 4.98 Å². The van der Waals surface area contributed by atoms with Gasteiger partial charge in [-0.2, -0.15) is 0 Å². The Balaban J connectivity index is 0.00000156. The lowest BCUT2D eigenvalue weighted by Gasteiger charge is -2.35. The lowest BCUT2D eigenvalue weighted by molar-refractivity contribution is 0.430. The van der Waals surface area contributed by atoms with Crippen LogP contribution in [-0.4, -0.2) is 4.98 Å². The molecule has 2 bridgehead atoms. The van der Waals surface area contributed by atoms with Crippen LogP contribution in [0, 0.1) is 11.7 Å². The van der Waals surface area contributed by atoms with Crippen LogP contribution in [0.15, 0.2) is 42.5 Å². The number of allylic oxidation sites excluding steroid dienone is 3. The van der Waals surface area contributed by atoms with Gasteiger partial charge in [0.15, 0.2) is 0 Å². The van der Waals surface area contributed by atoms with Crippen molar-refractivity contribution in [3.8, 4) is 0 Å². The first-order valence-electron chi connectivity index (χ1n) is 7.84. The second kappa shape index (κ2) is 5.97. The summed E-state index contributed by atoms with van der Waals surface area (Å²) in [5.41, 5.74) is 11.2. The molecular weight excluding hydrogens is 311 g/mol. The van der Waals surface area contributed by atoms with Crippen LogP contribution in [0.5, 0.6) is 0 Å². The molecule has 0 amide bonds. The summed E-state index contributed by atoms with van der Waals surface area (Å²) in [7, 11) is 0. The first-order valence-corrected chi connectivity index (χ1v) is 7.84. The molecule has 0 saturated heterocycles. The molecule has 23 heavy (non-hydrogen) atoms. The number of rotatable bonds is 2. The lowest BCUT2D eigenvalue weighted by Crippen LogP contribution is -2.24. The third-order valence-corrected chi connectivity index (χ3v) is 4.96. The van der Waals surface area contributed by atoms with Gasteiger partial charge in [-0.1, -0.05) is 23.8 Å². The van der Waals surface area contributed by atoms with E-state index in [9.17, 15) is 4.39 Å². The second-order valence-corrected chi connectivity index (χ2v) is 6.44. The van der Waals surface area contributed by atoms with E-state index in [4.69, 9.17) is 10.7 Å². The predicted octanol–water partition coefficient (Wildman–Crippen LogP) is 4.93. The number of hydrogen-bond acceptors (Lipinski definition) is 2. The SMILES string of the molecule is C=CCC1=CC2Cc3nc4cccc(F)c4c(N)c3C(C1)C2.Cl. The van der Waals surface area contributed by atoms with Crippen molar-refractivity contribution in [2.45, 2.75) is 31.6 Å². The normalized spacial score (nSPS) is 22.0. The number of pyridine rings is 1. The number of aromatic nitrogens is 1. The van der Waals surface area contributed by atoms with E-state index >= 15 is 0 Å². The first-order chi connectivity index (χ1) is 10.7. The van der Waals surface area contributed by atoms with Crippen LogP contribution in [0.1, 0.15) is 36.4 Å². The van der Waals surface area contributed by atoms with E-state index in [-0.39, 0.29) is 18.2 Å². The monoisotopic (exact) mass is 330 g/mol. The minimum atomic E-state index is -0.273. The lowest BCUT2D eigenvalue weighted by atomic mass is 9.70. The molecule has 1 heterocycles. The Hall–Kier alpha value is -1.87. The van der Waals surface area contributed by atoms with Crippen LogP contribution in [0.25, 0.3) is 10.9 Å². The van der Waals surface area contributed by atoms with Gasteiger partial charge in [0.1, 0.15) is 5.82 Å². The Morgan fingerprint density at radius 3 is 2.96 bits per heavy atom. The van der Waals surface area contributed by atoms with Gasteiger partial charge in [0, 0.05) is 16.9 Å². The average Bonchev–Trinajstić information content (AvgIpc) is 2.46. The summed E-state index contributed by atoms with van der Waals surface area (Å²) in [4.78, 5) is 4.72. The molecule has 1 aromatic heterocycles. The van der Waals surface area contributed by atoms with Gasteiger partial charge in [0.05, 0.1) is 10.9 Å². The van der Waals surface area contributed by atoms with Crippen LogP contribution in [0.3, 0.4) is 0 Å². The van der Waals surface area contributed by atoms with Crippen molar-refractivity contribution in [3.05, 3.63) is 59.6 Å². The van der Waals surface area contributed by atoms with Gasteiger partial charge in [-0.15, -0.1) is 19.0 Å². The molecule has 2 N–H and O–H groups in total. The number of anilines is 1. The van der Waals surface area contributed by atoms with E-state index in [1.54, 1.807) is 6.07 Å². The summed E-state index contributed by atoms with van der Waals surface area (Å²) in [5, 5.41) is 0.486. The Labute approximate surface area is 141 Å². The maximum absolute atomic E-state index is 14.2. The van der Waals surface area contributed by atoms with E-state index in [1.807, 2.05) is 12.1 Å².